The van der Waals surface area contributed by atoms with Crippen molar-refractivity contribution in [1.82, 2.24) is 4.90 Å². The van der Waals surface area contributed by atoms with Gasteiger partial charge in [0, 0.05) is 13.1 Å². The second-order valence-electron chi connectivity index (χ2n) is 8.96. The third-order valence-corrected chi connectivity index (χ3v) is 5.88. The van der Waals surface area contributed by atoms with Gasteiger partial charge in [-0.2, -0.15) is 0 Å². The molecule has 0 amide bonds. The van der Waals surface area contributed by atoms with Gasteiger partial charge in [0.2, 0.25) is 0 Å². The highest BCUT2D eigenvalue weighted by molar-refractivity contribution is 5.19. The monoisotopic (exact) mass is 416 g/mol. The van der Waals surface area contributed by atoms with Crippen molar-refractivity contribution in [3.8, 4) is 0 Å². The molecular weight excluding hydrogens is 380 g/mol. The zero-order chi connectivity index (χ0) is 22.1. The molecule has 2 atom stereocenters. The Hall–Kier alpha value is -2.46. The van der Waals surface area contributed by atoms with Crippen LogP contribution in [0.3, 0.4) is 0 Å². The lowest BCUT2D eigenvalue weighted by atomic mass is 9.87. The third kappa shape index (κ3) is 6.76. The third-order valence-electron chi connectivity index (χ3n) is 5.88. The maximum Gasteiger partial charge on any atom is 0.0962 e. The normalized spacial score (nSPS) is 14.5. The second kappa shape index (κ2) is 11.2. The van der Waals surface area contributed by atoms with Crippen molar-refractivity contribution in [1.29, 1.82) is 0 Å². The van der Waals surface area contributed by atoms with Crippen LogP contribution in [0.15, 0.2) is 91.0 Å². The zero-order valence-electron chi connectivity index (χ0n) is 18.8. The number of benzene rings is 3. The molecule has 3 nitrogen and oxygen atoms in total. The maximum absolute atomic E-state index is 11.4. The summed E-state index contributed by atoms with van der Waals surface area (Å²) in [6, 6.07) is 31.1. The lowest BCUT2D eigenvalue weighted by Crippen LogP contribution is -2.63. The fourth-order valence-corrected chi connectivity index (χ4v) is 4.29. The first kappa shape index (κ1) is 23.2. The van der Waals surface area contributed by atoms with Gasteiger partial charge in [0.05, 0.1) is 11.8 Å². The van der Waals surface area contributed by atoms with Gasteiger partial charge < -0.3 is 10.8 Å². The van der Waals surface area contributed by atoms with Crippen molar-refractivity contribution in [3.05, 3.63) is 108 Å². The van der Waals surface area contributed by atoms with Gasteiger partial charge in [-0.15, -0.1) is 0 Å². The minimum atomic E-state index is -0.825. The Morgan fingerprint density at radius 3 is 1.58 bits per heavy atom. The topological polar surface area (TPSA) is 49.5 Å². The van der Waals surface area contributed by atoms with Crippen molar-refractivity contribution >= 4 is 0 Å². The molecule has 0 aliphatic heterocycles. The lowest BCUT2D eigenvalue weighted by Gasteiger charge is -2.45. The van der Waals surface area contributed by atoms with Crippen LogP contribution in [0.2, 0.25) is 0 Å². The SMILES string of the molecule is CC(C)CC(N)([C@H](O)CCc1ccccc1)N(Cc1ccccc1)Cc1ccccc1. The Morgan fingerprint density at radius 2 is 1.16 bits per heavy atom. The standard InChI is InChI=1S/C28H36N2O/c1-23(2)20-28(29,27(31)19-18-24-12-6-3-7-13-24)30(21-25-14-8-4-9-15-25)22-26-16-10-5-11-17-26/h3-17,23,27,31H,18-22,29H2,1-2H3/t27-,28?/m1/s1. The van der Waals surface area contributed by atoms with Crippen LogP contribution < -0.4 is 5.73 Å². The van der Waals surface area contributed by atoms with E-state index >= 15 is 0 Å². The zero-order valence-corrected chi connectivity index (χ0v) is 18.8. The molecular formula is C28H36N2O. The number of aliphatic hydroxyl groups excluding tert-OH is 1. The molecule has 31 heavy (non-hydrogen) atoms. The van der Waals surface area contributed by atoms with Crippen LogP contribution >= 0.6 is 0 Å². The summed E-state index contributed by atoms with van der Waals surface area (Å²) in [4.78, 5) is 2.27. The highest BCUT2D eigenvalue weighted by Gasteiger charge is 2.40. The maximum atomic E-state index is 11.4. The molecule has 0 aromatic heterocycles. The molecule has 0 saturated carbocycles. The van der Waals surface area contributed by atoms with Gasteiger partial charge in [-0.1, -0.05) is 105 Å². The quantitative estimate of drug-likeness (QED) is 0.412. The van der Waals surface area contributed by atoms with E-state index in [4.69, 9.17) is 5.73 Å². The molecule has 0 aliphatic rings. The van der Waals surface area contributed by atoms with E-state index in [-0.39, 0.29) is 0 Å². The average molecular weight is 417 g/mol. The molecule has 3 aromatic carbocycles. The van der Waals surface area contributed by atoms with Crippen molar-refractivity contribution in [2.75, 3.05) is 0 Å². The molecule has 3 aromatic rings. The molecule has 0 spiro atoms. The molecule has 0 saturated heterocycles. The summed E-state index contributed by atoms with van der Waals surface area (Å²) in [5.41, 5.74) is 9.93. The van der Waals surface area contributed by atoms with E-state index < -0.39 is 11.8 Å². The lowest BCUT2D eigenvalue weighted by molar-refractivity contribution is -0.0558. The molecule has 3 N–H and O–H groups in total. The summed E-state index contributed by atoms with van der Waals surface area (Å²) in [5, 5.41) is 11.4. The molecule has 164 valence electrons. The molecule has 0 radical (unpaired) electrons. The van der Waals surface area contributed by atoms with Crippen LogP contribution in [0.25, 0.3) is 0 Å². The number of hydrogen-bond donors (Lipinski definition) is 2. The molecule has 0 heterocycles. The number of hydrogen-bond acceptors (Lipinski definition) is 3. The molecule has 0 fully saturated rings. The number of nitrogens with zero attached hydrogens (tertiary/aromatic N) is 1. The van der Waals surface area contributed by atoms with Gasteiger partial charge in [0.15, 0.2) is 0 Å². The second-order valence-corrected chi connectivity index (χ2v) is 8.96. The summed E-state index contributed by atoms with van der Waals surface area (Å²) < 4.78 is 0. The Morgan fingerprint density at radius 1 is 0.742 bits per heavy atom. The van der Waals surface area contributed by atoms with E-state index in [1.807, 2.05) is 30.3 Å². The van der Waals surface area contributed by atoms with E-state index in [9.17, 15) is 5.11 Å². The van der Waals surface area contributed by atoms with Gasteiger partial charge in [-0.3, -0.25) is 4.90 Å². The van der Waals surface area contributed by atoms with Crippen LogP contribution in [0, 0.1) is 5.92 Å². The Bertz CT molecular complexity index is 841. The number of nitrogens with two attached hydrogens (primary N) is 1. The van der Waals surface area contributed by atoms with Crippen molar-refractivity contribution < 1.29 is 5.11 Å². The van der Waals surface area contributed by atoms with E-state index in [0.717, 1.165) is 12.8 Å². The Labute approximate surface area is 187 Å². The summed E-state index contributed by atoms with van der Waals surface area (Å²) >= 11 is 0. The van der Waals surface area contributed by atoms with Crippen LogP contribution in [-0.4, -0.2) is 21.8 Å². The summed E-state index contributed by atoms with van der Waals surface area (Å²) in [6.45, 7) is 5.74. The predicted octanol–water partition coefficient (Wildman–Crippen LogP) is 5.38. The highest BCUT2D eigenvalue weighted by Crippen LogP contribution is 2.29. The summed E-state index contributed by atoms with van der Waals surface area (Å²) in [7, 11) is 0. The summed E-state index contributed by atoms with van der Waals surface area (Å²) in [5.74, 6) is 0.366. The predicted molar refractivity (Wildman–Crippen MR) is 129 cm³/mol. The Kier molecular flexibility index (Phi) is 8.42. The first-order valence-corrected chi connectivity index (χ1v) is 11.3. The largest absolute Gasteiger partial charge is 0.390 e. The molecule has 1 unspecified atom stereocenters. The molecule has 0 bridgehead atoms. The van der Waals surface area contributed by atoms with Crippen molar-refractivity contribution in [2.45, 2.75) is 58.0 Å². The van der Waals surface area contributed by atoms with Crippen LogP contribution in [-0.2, 0) is 19.5 Å². The average Bonchev–Trinajstić information content (AvgIpc) is 2.78. The van der Waals surface area contributed by atoms with E-state index in [2.05, 4.69) is 79.4 Å². The van der Waals surface area contributed by atoms with E-state index in [1.165, 1.54) is 16.7 Å². The number of aliphatic hydroxyl groups is 1. The smallest absolute Gasteiger partial charge is 0.0962 e. The number of aryl methyl sites for hydroxylation is 1. The van der Waals surface area contributed by atoms with Crippen LogP contribution in [0.4, 0.5) is 0 Å². The Balaban J connectivity index is 1.87. The van der Waals surface area contributed by atoms with Gasteiger partial charge in [-0.25, -0.2) is 0 Å². The van der Waals surface area contributed by atoms with Crippen LogP contribution in [0.1, 0.15) is 43.4 Å². The van der Waals surface area contributed by atoms with Gasteiger partial charge >= 0.3 is 0 Å². The first-order valence-electron chi connectivity index (χ1n) is 11.3. The van der Waals surface area contributed by atoms with Crippen molar-refractivity contribution in [3.63, 3.8) is 0 Å². The van der Waals surface area contributed by atoms with Crippen LogP contribution in [0.5, 0.6) is 0 Å². The fourth-order valence-electron chi connectivity index (χ4n) is 4.29. The molecule has 0 aliphatic carbocycles. The minimum Gasteiger partial charge on any atom is -0.390 e. The minimum absolute atomic E-state index is 0.366. The molecule has 3 heteroatoms. The van der Waals surface area contributed by atoms with Gasteiger partial charge in [0.25, 0.3) is 0 Å². The highest BCUT2D eigenvalue weighted by atomic mass is 16.3. The van der Waals surface area contributed by atoms with Gasteiger partial charge in [-0.05, 0) is 41.9 Å². The van der Waals surface area contributed by atoms with Crippen molar-refractivity contribution in [2.24, 2.45) is 11.7 Å². The molecule has 3 rings (SSSR count). The summed E-state index contributed by atoms with van der Waals surface area (Å²) in [6.07, 6.45) is 1.53. The van der Waals surface area contributed by atoms with Gasteiger partial charge in [0.1, 0.15) is 0 Å². The first-order chi connectivity index (χ1) is 15.0. The number of rotatable bonds is 11. The van der Waals surface area contributed by atoms with E-state index in [1.54, 1.807) is 0 Å². The fraction of sp³-hybridized carbons (Fsp3) is 0.357. The van der Waals surface area contributed by atoms with E-state index in [0.29, 0.717) is 25.4 Å².